The summed E-state index contributed by atoms with van der Waals surface area (Å²) < 4.78 is 0. The lowest BCUT2D eigenvalue weighted by molar-refractivity contribution is 0.230. The van der Waals surface area contributed by atoms with Crippen LogP contribution < -0.4 is 0 Å². The van der Waals surface area contributed by atoms with Crippen LogP contribution in [0, 0.1) is 5.92 Å². The molecule has 1 nitrogen and oxygen atoms in total. The van der Waals surface area contributed by atoms with Crippen LogP contribution in [-0.2, 0) is 12.8 Å². The number of aryl methyl sites for hydroxylation is 2. The van der Waals surface area contributed by atoms with Crippen LogP contribution in [-0.4, -0.2) is 11.7 Å². The number of aliphatic hydroxyl groups is 1. The summed E-state index contributed by atoms with van der Waals surface area (Å²) in [6, 6.07) is 8.78. The minimum Gasteiger partial charge on any atom is -0.396 e. The first-order valence-electron chi connectivity index (χ1n) is 5.45. The van der Waals surface area contributed by atoms with Crippen molar-refractivity contribution in [3.05, 3.63) is 35.4 Å². The SMILES string of the molecule is CCc1ccc(CCC(C)CO)cc1. The first-order chi connectivity index (χ1) is 6.76. The van der Waals surface area contributed by atoms with Gasteiger partial charge >= 0.3 is 0 Å². The molecule has 0 saturated carbocycles. The van der Waals surface area contributed by atoms with Crippen LogP contribution in [0.15, 0.2) is 24.3 Å². The second-order valence-corrected chi connectivity index (χ2v) is 4.00. The van der Waals surface area contributed by atoms with Crippen LogP contribution in [0.4, 0.5) is 0 Å². The van der Waals surface area contributed by atoms with E-state index in [9.17, 15) is 0 Å². The summed E-state index contributed by atoms with van der Waals surface area (Å²) in [7, 11) is 0. The molecule has 0 radical (unpaired) electrons. The van der Waals surface area contributed by atoms with E-state index in [0.717, 1.165) is 19.3 Å². The maximum atomic E-state index is 8.89. The van der Waals surface area contributed by atoms with Crippen molar-refractivity contribution in [2.24, 2.45) is 5.92 Å². The molecule has 0 fully saturated rings. The van der Waals surface area contributed by atoms with Crippen LogP contribution in [0.2, 0.25) is 0 Å². The van der Waals surface area contributed by atoms with E-state index in [1.54, 1.807) is 0 Å². The van der Waals surface area contributed by atoms with Gasteiger partial charge in [-0.3, -0.25) is 0 Å². The molecule has 1 rings (SSSR count). The average Bonchev–Trinajstić information content (AvgIpc) is 2.26. The lowest BCUT2D eigenvalue weighted by Crippen LogP contribution is -2.02. The smallest absolute Gasteiger partial charge is 0.0456 e. The summed E-state index contributed by atoms with van der Waals surface area (Å²) >= 11 is 0. The van der Waals surface area contributed by atoms with Crippen molar-refractivity contribution in [1.82, 2.24) is 0 Å². The molecule has 0 bridgehead atoms. The zero-order valence-corrected chi connectivity index (χ0v) is 9.16. The second kappa shape index (κ2) is 5.82. The highest BCUT2D eigenvalue weighted by molar-refractivity contribution is 5.22. The fraction of sp³-hybridized carbons (Fsp3) is 0.538. The normalized spacial score (nSPS) is 12.8. The third-order valence-corrected chi connectivity index (χ3v) is 2.67. The maximum Gasteiger partial charge on any atom is 0.0456 e. The van der Waals surface area contributed by atoms with Gasteiger partial charge in [0.2, 0.25) is 0 Å². The fourth-order valence-corrected chi connectivity index (χ4v) is 1.45. The summed E-state index contributed by atoms with van der Waals surface area (Å²) in [4.78, 5) is 0. The Morgan fingerprint density at radius 3 is 2.21 bits per heavy atom. The monoisotopic (exact) mass is 192 g/mol. The topological polar surface area (TPSA) is 20.2 Å². The van der Waals surface area contributed by atoms with Crippen LogP contribution in [0.25, 0.3) is 0 Å². The Hall–Kier alpha value is -0.820. The summed E-state index contributed by atoms with van der Waals surface area (Å²) in [6.07, 6.45) is 3.25. The predicted molar refractivity (Wildman–Crippen MR) is 60.4 cm³/mol. The van der Waals surface area contributed by atoms with Gasteiger partial charge < -0.3 is 5.11 Å². The molecule has 1 N–H and O–H groups in total. The van der Waals surface area contributed by atoms with Gasteiger partial charge in [-0.05, 0) is 36.3 Å². The molecule has 1 heteroatoms. The first kappa shape index (κ1) is 11.3. The van der Waals surface area contributed by atoms with Gasteiger partial charge in [-0.25, -0.2) is 0 Å². The molecule has 0 aliphatic carbocycles. The molecular formula is C13H20O. The number of benzene rings is 1. The number of rotatable bonds is 5. The number of hydrogen-bond acceptors (Lipinski definition) is 1. The van der Waals surface area contributed by atoms with E-state index in [-0.39, 0.29) is 0 Å². The minimum atomic E-state index is 0.299. The average molecular weight is 192 g/mol. The van der Waals surface area contributed by atoms with Gasteiger partial charge in [0.25, 0.3) is 0 Å². The summed E-state index contributed by atoms with van der Waals surface area (Å²) in [5.41, 5.74) is 2.77. The van der Waals surface area contributed by atoms with Crippen molar-refractivity contribution in [2.45, 2.75) is 33.1 Å². The molecule has 0 aliphatic heterocycles. The van der Waals surface area contributed by atoms with Crippen molar-refractivity contribution in [1.29, 1.82) is 0 Å². The molecule has 1 aromatic carbocycles. The van der Waals surface area contributed by atoms with E-state index < -0.39 is 0 Å². The van der Waals surface area contributed by atoms with E-state index in [1.165, 1.54) is 11.1 Å². The van der Waals surface area contributed by atoms with Gasteiger partial charge in [-0.2, -0.15) is 0 Å². The molecule has 0 aromatic heterocycles. The Bertz CT molecular complexity index is 250. The van der Waals surface area contributed by atoms with Gasteiger partial charge in [0, 0.05) is 6.61 Å². The van der Waals surface area contributed by atoms with Gasteiger partial charge in [0.15, 0.2) is 0 Å². The van der Waals surface area contributed by atoms with Gasteiger partial charge in [0.1, 0.15) is 0 Å². The Morgan fingerprint density at radius 1 is 1.14 bits per heavy atom. The number of aliphatic hydroxyl groups excluding tert-OH is 1. The van der Waals surface area contributed by atoms with Crippen molar-refractivity contribution >= 4 is 0 Å². The third-order valence-electron chi connectivity index (χ3n) is 2.67. The fourth-order valence-electron chi connectivity index (χ4n) is 1.45. The van der Waals surface area contributed by atoms with E-state index >= 15 is 0 Å². The quantitative estimate of drug-likeness (QED) is 0.760. The Morgan fingerprint density at radius 2 is 1.71 bits per heavy atom. The lowest BCUT2D eigenvalue weighted by Gasteiger charge is -2.07. The molecule has 0 saturated heterocycles. The highest BCUT2D eigenvalue weighted by Gasteiger charge is 2.00. The third kappa shape index (κ3) is 3.51. The van der Waals surface area contributed by atoms with Crippen LogP contribution in [0.5, 0.6) is 0 Å². The summed E-state index contributed by atoms with van der Waals surface area (Å²) in [5.74, 6) is 0.417. The Kier molecular flexibility index (Phi) is 4.68. The van der Waals surface area contributed by atoms with E-state index in [0.29, 0.717) is 12.5 Å². The summed E-state index contributed by atoms with van der Waals surface area (Å²) in [6.45, 7) is 4.55. The van der Waals surface area contributed by atoms with Gasteiger partial charge in [-0.15, -0.1) is 0 Å². The largest absolute Gasteiger partial charge is 0.396 e. The molecule has 0 amide bonds. The van der Waals surface area contributed by atoms with E-state index in [2.05, 4.69) is 38.1 Å². The van der Waals surface area contributed by atoms with E-state index in [4.69, 9.17) is 5.11 Å². The van der Waals surface area contributed by atoms with Crippen molar-refractivity contribution < 1.29 is 5.11 Å². The Balaban J connectivity index is 2.43. The lowest BCUT2D eigenvalue weighted by atomic mass is 10.0. The zero-order valence-electron chi connectivity index (χ0n) is 9.16. The highest BCUT2D eigenvalue weighted by Crippen LogP contribution is 2.10. The van der Waals surface area contributed by atoms with Crippen LogP contribution >= 0.6 is 0 Å². The van der Waals surface area contributed by atoms with Crippen molar-refractivity contribution in [3.63, 3.8) is 0 Å². The van der Waals surface area contributed by atoms with Crippen LogP contribution in [0.3, 0.4) is 0 Å². The molecule has 78 valence electrons. The maximum absolute atomic E-state index is 8.89. The summed E-state index contributed by atoms with van der Waals surface area (Å²) in [5, 5.41) is 8.89. The zero-order chi connectivity index (χ0) is 10.4. The standard InChI is InChI=1S/C13H20O/c1-3-12-6-8-13(9-7-12)5-4-11(2)10-14/h6-9,11,14H,3-5,10H2,1-2H3. The molecule has 0 heterocycles. The van der Waals surface area contributed by atoms with Crippen molar-refractivity contribution in [3.8, 4) is 0 Å². The molecule has 0 spiro atoms. The predicted octanol–water partition coefficient (Wildman–Crippen LogP) is 2.81. The van der Waals surface area contributed by atoms with Crippen molar-refractivity contribution in [2.75, 3.05) is 6.61 Å². The minimum absolute atomic E-state index is 0.299. The van der Waals surface area contributed by atoms with Gasteiger partial charge in [0.05, 0.1) is 0 Å². The molecule has 1 aromatic rings. The molecular weight excluding hydrogens is 172 g/mol. The number of hydrogen-bond donors (Lipinski definition) is 1. The van der Waals surface area contributed by atoms with Crippen LogP contribution in [0.1, 0.15) is 31.4 Å². The second-order valence-electron chi connectivity index (χ2n) is 4.00. The molecule has 1 unspecified atom stereocenters. The first-order valence-corrected chi connectivity index (χ1v) is 5.45. The Labute approximate surface area is 86.8 Å². The molecule has 0 aliphatic rings. The molecule has 1 atom stereocenters. The van der Waals surface area contributed by atoms with E-state index in [1.807, 2.05) is 0 Å². The van der Waals surface area contributed by atoms with Gasteiger partial charge in [-0.1, -0.05) is 38.1 Å². The highest BCUT2D eigenvalue weighted by atomic mass is 16.3. The molecule has 14 heavy (non-hydrogen) atoms.